The van der Waals surface area contributed by atoms with Gasteiger partial charge in [0, 0.05) is 12.1 Å². The van der Waals surface area contributed by atoms with Crippen molar-refractivity contribution in [1.82, 2.24) is 5.32 Å². The Kier molecular flexibility index (Phi) is 5.59. The molecule has 1 N–H and O–H groups in total. The Morgan fingerprint density at radius 1 is 1.05 bits per heavy atom. The molecule has 0 heterocycles. The zero-order valence-electron chi connectivity index (χ0n) is 10.5. The molecule has 0 aliphatic carbocycles. The van der Waals surface area contributed by atoms with Gasteiger partial charge in [0.25, 0.3) is 5.91 Å². The fourth-order valence-corrected chi connectivity index (χ4v) is 1.34. The number of hydrogen-bond donors (Lipinski definition) is 1. The van der Waals surface area contributed by atoms with Crippen LogP contribution in [0.15, 0.2) is 24.3 Å². The molecule has 0 fully saturated rings. The van der Waals surface area contributed by atoms with Gasteiger partial charge in [-0.1, -0.05) is 0 Å². The van der Waals surface area contributed by atoms with Gasteiger partial charge in [0.1, 0.15) is 6.61 Å². The zero-order valence-corrected chi connectivity index (χ0v) is 10.5. The number of carbonyl (C=O) groups is 1. The van der Waals surface area contributed by atoms with Gasteiger partial charge in [0.05, 0.1) is 12.2 Å². The summed E-state index contributed by atoms with van der Waals surface area (Å²) in [5.74, 6) is -0.695. The van der Waals surface area contributed by atoms with E-state index in [9.17, 15) is 31.1 Å². The molecule has 0 saturated heterocycles. The van der Waals surface area contributed by atoms with Crippen LogP contribution in [-0.4, -0.2) is 31.8 Å². The third kappa shape index (κ3) is 6.48. The molecule has 0 aromatic heterocycles. The van der Waals surface area contributed by atoms with Crippen molar-refractivity contribution in [1.29, 1.82) is 0 Å². The Morgan fingerprint density at radius 2 is 1.62 bits per heavy atom. The number of rotatable bonds is 5. The van der Waals surface area contributed by atoms with Crippen LogP contribution < -0.4 is 5.32 Å². The van der Waals surface area contributed by atoms with Gasteiger partial charge in [0.2, 0.25) is 0 Å². The number of amides is 1. The monoisotopic (exact) mass is 315 g/mol. The van der Waals surface area contributed by atoms with Crippen LogP contribution in [0.25, 0.3) is 0 Å². The van der Waals surface area contributed by atoms with E-state index >= 15 is 0 Å². The number of nitrogens with one attached hydrogen (secondary N) is 1. The van der Waals surface area contributed by atoms with E-state index in [0.717, 1.165) is 24.3 Å². The van der Waals surface area contributed by atoms with Crippen molar-refractivity contribution in [2.45, 2.75) is 12.4 Å². The maximum absolute atomic E-state index is 12.3. The van der Waals surface area contributed by atoms with E-state index in [1.54, 1.807) is 0 Å². The number of hydrogen-bond acceptors (Lipinski definition) is 2. The molecule has 0 spiro atoms. The summed E-state index contributed by atoms with van der Waals surface area (Å²) in [6.07, 6.45) is -8.95. The molecule has 0 aliphatic heterocycles. The first-order valence-electron chi connectivity index (χ1n) is 5.69. The van der Waals surface area contributed by atoms with Gasteiger partial charge in [-0.05, 0) is 24.3 Å². The molecule has 1 aromatic rings. The SMILES string of the molecule is O=C(NCCOCC(F)(F)F)c1ccc(C(F)(F)F)cc1. The highest BCUT2D eigenvalue weighted by molar-refractivity contribution is 5.94. The minimum Gasteiger partial charge on any atom is -0.370 e. The average Bonchev–Trinajstić information content (AvgIpc) is 2.36. The highest BCUT2D eigenvalue weighted by atomic mass is 19.4. The molecule has 118 valence electrons. The van der Waals surface area contributed by atoms with Gasteiger partial charge in [-0.15, -0.1) is 0 Å². The maximum Gasteiger partial charge on any atom is 0.416 e. The van der Waals surface area contributed by atoms with Gasteiger partial charge >= 0.3 is 12.4 Å². The molecule has 0 atom stereocenters. The number of halogens is 6. The van der Waals surface area contributed by atoms with E-state index in [0.29, 0.717) is 0 Å². The molecule has 9 heteroatoms. The highest BCUT2D eigenvalue weighted by Gasteiger charge is 2.30. The summed E-state index contributed by atoms with van der Waals surface area (Å²) in [4.78, 5) is 11.5. The third-order valence-electron chi connectivity index (χ3n) is 2.27. The number of benzene rings is 1. The summed E-state index contributed by atoms with van der Waals surface area (Å²) in [6, 6.07) is 3.45. The van der Waals surface area contributed by atoms with Crippen LogP contribution in [-0.2, 0) is 10.9 Å². The van der Waals surface area contributed by atoms with E-state index in [2.05, 4.69) is 10.1 Å². The maximum atomic E-state index is 12.3. The first kappa shape index (κ1) is 17.3. The van der Waals surface area contributed by atoms with Gasteiger partial charge in [-0.2, -0.15) is 26.3 Å². The minimum absolute atomic E-state index is 0.0289. The van der Waals surface area contributed by atoms with Crippen molar-refractivity contribution in [3.63, 3.8) is 0 Å². The number of ether oxygens (including phenoxy) is 1. The van der Waals surface area contributed by atoms with Gasteiger partial charge in [-0.3, -0.25) is 4.79 Å². The van der Waals surface area contributed by atoms with Crippen LogP contribution in [0, 0.1) is 0 Å². The normalized spacial score (nSPS) is 12.3. The summed E-state index contributed by atoms with van der Waals surface area (Å²) >= 11 is 0. The van der Waals surface area contributed by atoms with Crippen LogP contribution in [0.5, 0.6) is 0 Å². The summed E-state index contributed by atoms with van der Waals surface area (Å²) in [5.41, 5.74) is -0.925. The van der Waals surface area contributed by atoms with Crippen molar-refractivity contribution in [3.8, 4) is 0 Å². The van der Waals surface area contributed by atoms with Crippen LogP contribution >= 0.6 is 0 Å². The minimum atomic E-state index is -4.50. The molecule has 0 unspecified atom stereocenters. The summed E-state index contributed by atoms with van der Waals surface area (Å²) in [7, 11) is 0. The average molecular weight is 315 g/mol. The van der Waals surface area contributed by atoms with Gasteiger partial charge < -0.3 is 10.1 Å². The van der Waals surface area contributed by atoms with E-state index < -0.39 is 30.4 Å². The number of carbonyl (C=O) groups excluding carboxylic acids is 1. The third-order valence-corrected chi connectivity index (χ3v) is 2.27. The van der Waals surface area contributed by atoms with Crippen LogP contribution in [0.3, 0.4) is 0 Å². The Labute approximate surface area is 115 Å². The molecule has 3 nitrogen and oxygen atoms in total. The summed E-state index contributed by atoms with van der Waals surface area (Å²) in [5, 5.41) is 2.23. The molecule has 1 amide bonds. The molecular weight excluding hydrogens is 304 g/mol. The van der Waals surface area contributed by atoms with Crippen molar-refractivity contribution in [2.24, 2.45) is 0 Å². The largest absolute Gasteiger partial charge is 0.416 e. The molecule has 21 heavy (non-hydrogen) atoms. The van der Waals surface area contributed by atoms with E-state index in [1.165, 1.54) is 0 Å². The first-order chi connectivity index (χ1) is 9.59. The topological polar surface area (TPSA) is 38.3 Å². The lowest BCUT2D eigenvalue weighted by atomic mass is 10.1. The molecule has 0 saturated carbocycles. The van der Waals surface area contributed by atoms with Gasteiger partial charge in [-0.25, -0.2) is 0 Å². The lowest BCUT2D eigenvalue weighted by Gasteiger charge is -2.09. The van der Waals surface area contributed by atoms with E-state index in [-0.39, 0.29) is 18.7 Å². The van der Waals surface area contributed by atoms with Crippen molar-refractivity contribution < 1.29 is 35.9 Å². The molecule has 1 aromatic carbocycles. The Morgan fingerprint density at radius 3 is 2.10 bits per heavy atom. The Hall–Kier alpha value is -1.77. The summed E-state index contributed by atoms with van der Waals surface area (Å²) < 4.78 is 76.4. The quantitative estimate of drug-likeness (QED) is 0.670. The molecule has 0 radical (unpaired) electrons. The second kappa shape index (κ2) is 6.79. The van der Waals surface area contributed by atoms with Crippen LogP contribution in [0.2, 0.25) is 0 Å². The van der Waals surface area contributed by atoms with E-state index in [4.69, 9.17) is 0 Å². The predicted octanol–water partition coefficient (Wildman–Crippen LogP) is 3.01. The Bertz CT molecular complexity index is 466. The zero-order chi connectivity index (χ0) is 16.1. The summed E-state index contributed by atoms with van der Waals surface area (Å²) in [6.45, 7) is -1.97. The predicted molar refractivity (Wildman–Crippen MR) is 60.7 cm³/mol. The standard InChI is InChI=1S/C12H11F6NO2/c13-11(14,15)7-21-6-5-19-10(20)8-1-3-9(4-2-8)12(16,17)18/h1-4H,5-7H2,(H,19,20). The Balaban J connectivity index is 2.39. The highest BCUT2D eigenvalue weighted by Crippen LogP contribution is 2.29. The van der Waals surface area contributed by atoms with Crippen molar-refractivity contribution >= 4 is 5.91 Å². The number of alkyl halides is 6. The van der Waals surface area contributed by atoms with Crippen LogP contribution in [0.1, 0.15) is 15.9 Å². The van der Waals surface area contributed by atoms with E-state index in [1.807, 2.05) is 0 Å². The van der Waals surface area contributed by atoms with Gasteiger partial charge in [0.15, 0.2) is 0 Å². The first-order valence-corrected chi connectivity index (χ1v) is 5.69. The van der Waals surface area contributed by atoms with Crippen molar-refractivity contribution in [2.75, 3.05) is 19.8 Å². The lowest BCUT2D eigenvalue weighted by molar-refractivity contribution is -0.173. The fourth-order valence-electron chi connectivity index (χ4n) is 1.34. The molecule has 0 bridgehead atoms. The molecule has 0 aliphatic rings. The second-order valence-electron chi connectivity index (χ2n) is 4.00. The van der Waals surface area contributed by atoms with Crippen molar-refractivity contribution in [3.05, 3.63) is 35.4 Å². The molecular formula is C12H11F6NO2. The molecule has 1 rings (SSSR count). The lowest BCUT2D eigenvalue weighted by Crippen LogP contribution is -2.28. The smallest absolute Gasteiger partial charge is 0.370 e. The second-order valence-corrected chi connectivity index (χ2v) is 4.00. The fraction of sp³-hybridized carbons (Fsp3) is 0.417. The van der Waals surface area contributed by atoms with Crippen LogP contribution in [0.4, 0.5) is 26.3 Å².